The molecule has 0 saturated carbocycles. The highest BCUT2D eigenvalue weighted by atomic mass is 15.0. The fraction of sp³-hybridized carbons (Fsp3) is 0.267. The molecule has 2 aromatic rings. The van der Waals surface area contributed by atoms with Crippen molar-refractivity contribution in [2.75, 3.05) is 5.32 Å². The molecule has 1 aliphatic carbocycles. The SMILES string of the molecule is Cc1ccc(NC2c3ccccc3CC2N)nc1. The van der Waals surface area contributed by atoms with Crippen molar-refractivity contribution in [2.45, 2.75) is 25.4 Å². The lowest BCUT2D eigenvalue weighted by Crippen LogP contribution is -2.30. The summed E-state index contributed by atoms with van der Waals surface area (Å²) < 4.78 is 0. The van der Waals surface area contributed by atoms with E-state index in [2.05, 4.69) is 40.6 Å². The lowest BCUT2D eigenvalue weighted by atomic mass is 10.1. The van der Waals surface area contributed by atoms with E-state index in [4.69, 9.17) is 5.73 Å². The topological polar surface area (TPSA) is 50.9 Å². The van der Waals surface area contributed by atoms with Crippen LogP contribution >= 0.6 is 0 Å². The number of aromatic nitrogens is 1. The number of pyridine rings is 1. The zero-order chi connectivity index (χ0) is 12.5. The van der Waals surface area contributed by atoms with Gasteiger partial charge in [0.1, 0.15) is 5.82 Å². The second-order valence-corrected chi connectivity index (χ2v) is 4.91. The largest absolute Gasteiger partial charge is 0.362 e. The minimum atomic E-state index is 0.116. The summed E-state index contributed by atoms with van der Waals surface area (Å²) in [5.74, 6) is 0.887. The van der Waals surface area contributed by atoms with Gasteiger partial charge in [-0.25, -0.2) is 4.98 Å². The van der Waals surface area contributed by atoms with Crippen molar-refractivity contribution in [3.05, 3.63) is 59.3 Å². The van der Waals surface area contributed by atoms with Crippen LogP contribution in [0, 0.1) is 6.92 Å². The van der Waals surface area contributed by atoms with Gasteiger partial charge in [-0.1, -0.05) is 30.3 Å². The van der Waals surface area contributed by atoms with E-state index in [1.807, 2.05) is 19.2 Å². The number of nitrogens with one attached hydrogen (secondary N) is 1. The summed E-state index contributed by atoms with van der Waals surface area (Å²) in [6, 6.07) is 12.8. The van der Waals surface area contributed by atoms with E-state index >= 15 is 0 Å². The number of nitrogens with two attached hydrogens (primary N) is 1. The van der Waals surface area contributed by atoms with Crippen LogP contribution in [-0.2, 0) is 6.42 Å². The molecule has 1 aromatic carbocycles. The standard InChI is InChI=1S/C15H17N3/c1-10-6-7-14(17-9-10)18-15-12-5-3-2-4-11(12)8-13(15)16/h2-7,9,13,15H,8,16H2,1H3,(H,17,18). The number of hydrogen-bond acceptors (Lipinski definition) is 3. The van der Waals surface area contributed by atoms with Gasteiger partial charge in [0, 0.05) is 12.2 Å². The Morgan fingerprint density at radius 2 is 2.06 bits per heavy atom. The zero-order valence-electron chi connectivity index (χ0n) is 10.4. The van der Waals surface area contributed by atoms with Crippen molar-refractivity contribution in [1.82, 2.24) is 4.98 Å². The van der Waals surface area contributed by atoms with Crippen molar-refractivity contribution < 1.29 is 0 Å². The van der Waals surface area contributed by atoms with Crippen LogP contribution < -0.4 is 11.1 Å². The Hall–Kier alpha value is -1.87. The Kier molecular flexibility index (Phi) is 2.76. The van der Waals surface area contributed by atoms with Crippen molar-refractivity contribution in [3.8, 4) is 0 Å². The van der Waals surface area contributed by atoms with Crippen LogP contribution in [0.3, 0.4) is 0 Å². The molecule has 1 heterocycles. The molecule has 0 fully saturated rings. The van der Waals surface area contributed by atoms with Gasteiger partial charge in [-0.3, -0.25) is 0 Å². The Labute approximate surface area is 107 Å². The summed E-state index contributed by atoms with van der Waals surface area (Å²) in [4.78, 5) is 4.38. The van der Waals surface area contributed by atoms with E-state index < -0.39 is 0 Å². The van der Waals surface area contributed by atoms with Crippen LogP contribution in [0.5, 0.6) is 0 Å². The molecule has 2 atom stereocenters. The van der Waals surface area contributed by atoms with Crippen LogP contribution in [-0.4, -0.2) is 11.0 Å². The fourth-order valence-corrected chi connectivity index (χ4v) is 2.52. The highest BCUT2D eigenvalue weighted by molar-refractivity contribution is 5.45. The van der Waals surface area contributed by atoms with E-state index in [1.54, 1.807) is 0 Å². The number of anilines is 1. The van der Waals surface area contributed by atoms with Crippen LogP contribution in [0.4, 0.5) is 5.82 Å². The summed E-state index contributed by atoms with van der Waals surface area (Å²) in [7, 11) is 0. The minimum Gasteiger partial charge on any atom is -0.362 e. The molecular formula is C15H17N3. The molecule has 18 heavy (non-hydrogen) atoms. The molecule has 92 valence electrons. The highest BCUT2D eigenvalue weighted by Gasteiger charge is 2.29. The zero-order valence-corrected chi connectivity index (χ0v) is 10.4. The number of fused-ring (bicyclic) bond motifs is 1. The maximum atomic E-state index is 6.22. The van der Waals surface area contributed by atoms with Crippen molar-refractivity contribution in [3.63, 3.8) is 0 Å². The summed E-state index contributed by atoms with van der Waals surface area (Å²) in [6.45, 7) is 2.04. The second-order valence-electron chi connectivity index (χ2n) is 4.91. The van der Waals surface area contributed by atoms with E-state index in [0.29, 0.717) is 0 Å². The third-order valence-electron chi connectivity index (χ3n) is 3.49. The lowest BCUT2D eigenvalue weighted by molar-refractivity contribution is 0.624. The van der Waals surface area contributed by atoms with E-state index in [1.165, 1.54) is 11.1 Å². The quantitative estimate of drug-likeness (QED) is 0.846. The third-order valence-corrected chi connectivity index (χ3v) is 3.49. The van der Waals surface area contributed by atoms with Crippen LogP contribution in [0.25, 0.3) is 0 Å². The molecule has 0 amide bonds. The first kappa shape index (κ1) is 11.2. The van der Waals surface area contributed by atoms with Gasteiger partial charge >= 0.3 is 0 Å². The predicted molar refractivity (Wildman–Crippen MR) is 73.5 cm³/mol. The van der Waals surface area contributed by atoms with Crippen molar-refractivity contribution in [2.24, 2.45) is 5.73 Å². The van der Waals surface area contributed by atoms with Crippen LogP contribution in [0.2, 0.25) is 0 Å². The molecule has 0 bridgehead atoms. The number of aryl methyl sites for hydroxylation is 1. The molecule has 3 rings (SSSR count). The average Bonchev–Trinajstić information content (AvgIpc) is 2.69. The van der Waals surface area contributed by atoms with E-state index in [0.717, 1.165) is 17.8 Å². The Morgan fingerprint density at radius 3 is 2.83 bits per heavy atom. The van der Waals surface area contributed by atoms with Crippen molar-refractivity contribution in [1.29, 1.82) is 0 Å². The normalized spacial score (nSPS) is 21.7. The van der Waals surface area contributed by atoms with Gasteiger partial charge < -0.3 is 11.1 Å². The lowest BCUT2D eigenvalue weighted by Gasteiger charge is -2.19. The summed E-state index contributed by atoms with van der Waals surface area (Å²) in [6.07, 6.45) is 2.80. The molecule has 2 unspecified atom stereocenters. The molecule has 0 radical (unpaired) electrons. The summed E-state index contributed by atoms with van der Waals surface area (Å²) in [5.41, 5.74) is 10.0. The number of nitrogens with zero attached hydrogens (tertiary/aromatic N) is 1. The van der Waals surface area contributed by atoms with Gasteiger partial charge in [0.05, 0.1) is 6.04 Å². The molecule has 3 N–H and O–H groups in total. The van der Waals surface area contributed by atoms with Crippen LogP contribution in [0.15, 0.2) is 42.6 Å². The first-order valence-corrected chi connectivity index (χ1v) is 6.26. The molecule has 3 heteroatoms. The fourth-order valence-electron chi connectivity index (χ4n) is 2.52. The Morgan fingerprint density at radius 1 is 1.22 bits per heavy atom. The summed E-state index contributed by atoms with van der Waals surface area (Å²) >= 11 is 0. The van der Waals surface area contributed by atoms with Gasteiger partial charge in [-0.15, -0.1) is 0 Å². The molecule has 0 saturated heterocycles. The Balaban J connectivity index is 1.87. The van der Waals surface area contributed by atoms with Gasteiger partial charge in [0.15, 0.2) is 0 Å². The first-order valence-electron chi connectivity index (χ1n) is 6.26. The van der Waals surface area contributed by atoms with Gasteiger partial charge in [-0.2, -0.15) is 0 Å². The number of benzene rings is 1. The maximum Gasteiger partial charge on any atom is 0.126 e. The highest BCUT2D eigenvalue weighted by Crippen LogP contribution is 2.32. The maximum absolute atomic E-state index is 6.22. The minimum absolute atomic E-state index is 0.116. The second kappa shape index (κ2) is 4.42. The third kappa shape index (κ3) is 1.97. The van der Waals surface area contributed by atoms with E-state index in [9.17, 15) is 0 Å². The number of hydrogen-bond donors (Lipinski definition) is 2. The monoisotopic (exact) mass is 239 g/mol. The molecule has 1 aromatic heterocycles. The van der Waals surface area contributed by atoms with Crippen LogP contribution in [0.1, 0.15) is 22.7 Å². The number of rotatable bonds is 2. The molecule has 0 spiro atoms. The molecule has 0 aliphatic heterocycles. The Bertz CT molecular complexity index is 548. The predicted octanol–water partition coefficient (Wildman–Crippen LogP) is 2.43. The summed E-state index contributed by atoms with van der Waals surface area (Å²) in [5, 5.41) is 3.44. The molecule has 1 aliphatic rings. The van der Waals surface area contributed by atoms with Crippen molar-refractivity contribution >= 4 is 5.82 Å². The van der Waals surface area contributed by atoms with E-state index in [-0.39, 0.29) is 12.1 Å². The average molecular weight is 239 g/mol. The molecular weight excluding hydrogens is 222 g/mol. The molecule has 3 nitrogen and oxygen atoms in total. The smallest absolute Gasteiger partial charge is 0.126 e. The van der Waals surface area contributed by atoms with Gasteiger partial charge in [0.25, 0.3) is 0 Å². The first-order chi connectivity index (χ1) is 8.74. The van der Waals surface area contributed by atoms with Gasteiger partial charge in [0.2, 0.25) is 0 Å². The van der Waals surface area contributed by atoms with Gasteiger partial charge in [-0.05, 0) is 36.1 Å².